The Morgan fingerprint density at radius 2 is 1.38 bits per heavy atom. The van der Waals surface area contributed by atoms with Crippen molar-refractivity contribution in [3.63, 3.8) is 0 Å². The lowest BCUT2D eigenvalue weighted by Gasteiger charge is -2.28. The van der Waals surface area contributed by atoms with E-state index < -0.39 is 72.1 Å². The monoisotopic (exact) mass is 566 g/mol. The van der Waals surface area contributed by atoms with Crippen LogP contribution in [0.15, 0.2) is 30.3 Å². The Morgan fingerprint density at radius 1 is 0.821 bits per heavy atom. The second-order valence-corrected chi connectivity index (χ2v) is 9.96. The number of aliphatic carboxylic acids is 1. The molecule has 6 N–H and O–H groups in total. The number of ketones is 1. The van der Waals surface area contributed by atoms with Gasteiger partial charge in [-0.15, -0.1) is 0 Å². The molecular formula is C26H38N4O8S. The Kier molecular flexibility index (Phi) is 14.2. The van der Waals surface area contributed by atoms with E-state index in [0.717, 1.165) is 5.56 Å². The summed E-state index contributed by atoms with van der Waals surface area (Å²) >= 11 is 3.83. The lowest BCUT2D eigenvalue weighted by atomic mass is 10.00. The molecule has 0 fully saturated rings. The molecule has 13 heteroatoms. The van der Waals surface area contributed by atoms with Gasteiger partial charge in [-0.05, 0) is 24.8 Å². The van der Waals surface area contributed by atoms with Crippen molar-refractivity contribution >= 4 is 48.0 Å². The number of hydrogen-bond donors (Lipinski definition) is 7. The van der Waals surface area contributed by atoms with Crippen LogP contribution < -0.4 is 21.3 Å². The van der Waals surface area contributed by atoms with Gasteiger partial charge in [-0.25, -0.2) is 0 Å². The molecule has 0 unspecified atom stereocenters. The van der Waals surface area contributed by atoms with Crippen molar-refractivity contribution in [1.82, 2.24) is 21.3 Å². The average molecular weight is 567 g/mol. The Labute approximate surface area is 233 Å². The molecule has 1 rings (SSSR count). The molecule has 0 heterocycles. The van der Waals surface area contributed by atoms with Crippen LogP contribution >= 0.6 is 12.6 Å². The second kappa shape index (κ2) is 16.5. The first-order chi connectivity index (χ1) is 18.2. The number of aliphatic hydroxyl groups excluding tert-OH is 1. The minimum atomic E-state index is -1.55. The molecule has 0 saturated heterocycles. The van der Waals surface area contributed by atoms with Crippen LogP contribution in [0.5, 0.6) is 0 Å². The predicted octanol–water partition coefficient (Wildman–Crippen LogP) is -0.411. The van der Waals surface area contributed by atoms with Gasteiger partial charge in [-0.2, -0.15) is 12.6 Å². The van der Waals surface area contributed by atoms with Crippen LogP contribution in [0.3, 0.4) is 0 Å². The van der Waals surface area contributed by atoms with Crippen molar-refractivity contribution in [3.05, 3.63) is 35.9 Å². The largest absolute Gasteiger partial charge is 0.481 e. The molecule has 39 heavy (non-hydrogen) atoms. The van der Waals surface area contributed by atoms with Gasteiger partial charge >= 0.3 is 5.97 Å². The number of hydrogen-bond acceptors (Lipinski definition) is 8. The first-order valence-corrected chi connectivity index (χ1v) is 13.1. The third-order valence-electron chi connectivity index (χ3n) is 5.62. The fraction of sp³-hybridized carbons (Fsp3) is 0.538. The summed E-state index contributed by atoms with van der Waals surface area (Å²) < 4.78 is 0. The van der Waals surface area contributed by atoms with Gasteiger partial charge in [0.2, 0.25) is 23.6 Å². The lowest BCUT2D eigenvalue weighted by molar-refractivity contribution is -0.140. The van der Waals surface area contributed by atoms with E-state index in [0.29, 0.717) is 0 Å². The van der Waals surface area contributed by atoms with E-state index in [4.69, 9.17) is 5.11 Å². The fourth-order valence-electron chi connectivity index (χ4n) is 3.73. The zero-order valence-electron chi connectivity index (χ0n) is 22.5. The van der Waals surface area contributed by atoms with E-state index in [2.05, 4.69) is 33.9 Å². The van der Waals surface area contributed by atoms with Crippen LogP contribution in [0.4, 0.5) is 0 Å². The topological polar surface area (TPSA) is 191 Å². The van der Waals surface area contributed by atoms with Gasteiger partial charge < -0.3 is 31.5 Å². The van der Waals surface area contributed by atoms with Crippen LogP contribution in [0, 0.1) is 5.92 Å². The quantitative estimate of drug-likeness (QED) is 0.131. The Morgan fingerprint density at radius 3 is 1.87 bits per heavy atom. The first-order valence-electron chi connectivity index (χ1n) is 12.5. The molecule has 216 valence electrons. The average Bonchev–Trinajstić information content (AvgIpc) is 2.84. The summed E-state index contributed by atoms with van der Waals surface area (Å²) in [5.41, 5.74) is 0.786. The number of carboxylic acids is 1. The summed E-state index contributed by atoms with van der Waals surface area (Å²) in [6.45, 7) is 6.14. The zero-order chi connectivity index (χ0) is 29.7. The summed E-state index contributed by atoms with van der Waals surface area (Å²) in [4.78, 5) is 74.1. The highest BCUT2D eigenvalue weighted by Gasteiger charge is 2.33. The van der Waals surface area contributed by atoms with E-state index in [-0.39, 0.29) is 24.5 Å². The molecule has 0 radical (unpaired) electrons. The number of benzene rings is 1. The van der Waals surface area contributed by atoms with E-state index in [1.807, 2.05) is 19.9 Å². The van der Waals surface area contributed by atoms with Gasteiger partial charge in [0, 0.05) is 13.3 Å². The smallest absolute Gasteiger partial charge is 0.305 e. The standard InChI is InChI=1S/C26H38N4O8S/c1-14(2)10-19(29-24(36)20(27-16(4)32)11-17-8-6-5-7-9-17)25(37)30-23(15(3)31)26(38)28-18(12-22(34)35)21(33)13-39/h5-9,14-15,18-20,23,31,39H,10-13H2,1-4H3,(H,27,32)(H,28,38)(H,29,36)(H,30,37)(H,34,35)/t15-,18+,19+,20+,23+/m1/s1. The highest BCUT2D eigenvalue weighted by molar-refractivity contribution is 7.81. The van der Waals surface area contributed by atoms with Crippen LogP contribution in [0.2, 0.25) is 0 Å². The Hall–Kier alpha value is -3.45. The number of thiol groups is 1. The molecule has 0 saturated carbocycles. The lowest BCUT2D eigenvalue weighted by Crippen LogP contribution is -2.60. The maximum absolute atomic E-state index is 13.2. The molecule has 1 aromatic carbocycles. The van der Waals surface area contributed by atoms with Gasteiger partial charge in [0.1, 0.15) is 18.1 Å². The number of rotatable bonds is 16. The molecule has 0 aromatic heterocycles. The third kappa shape index (κ3) is 12.3. The van der Waals surface area contributed by atoms with Crippen LogP contribution in [0.25, 0.3) is 0 Å². The molecule has 0 bridgehead atoms. The molecule has 4 amide bonds. The van der Waals surface area contributed by atoms with Gasteiger partial charge in [0.15, 0.2) is 5.78 Å². The van der Waals surface area contributed by atoms with Crippen LogP contribution in [0.1, 0.15) is 46.1 Å². The number of carboxylic acid groups (broad SMARTS) is 1. The zero-order valence-corrected chi connectivity index (χ0v) is 23.4. The highest BCUT2D eigenvalue weighted by atomic mass is 32.1. The molecule has 0 aliphatic carbocycles. The maximum atomic E-state index is 13.2. The SMILES string of the molecule is CC(=O)N[C@@H](Cc1ccccc1)C(=O)N[C@@H](CC(C)C)C(=O)N[C@H](C(=O)N[C@@H](CC(=O)O)C(=O)CS)[C@@H](C)O. The summed E-state index contributed by atoms with van der Waals surface area (Å²) in [6, 6.07) is 3.91. The summed E-state index contributed by atoms with van der Waals surface area (Å²) in [5, 5.41) is 29.1. The maximum Gasteiger partial charge on any atom is 0.305 e. The van der Waals surface area contributed by atoms with Gasteiger partial charge in [-0.1, -0.05) is 44.2 Å². The van der Waals surface area contributed by atoms with Crippen LogP contribution in [-0.2, 0) is 35.2 Å². The molecule has 0 spiro atoms. The van der Waals surface area contributed by atoms with Crippen molar-refractivity contribution < 1.29 is 39.0 Å². The summed E-state index contributed by atoms with van der Waals surface area (Å²) in [6.07, 6.45) is -1.79. The Bertz CT molecular complexity index is 1020. The minimum absolute atomic E-state index is 0.0684. The van der Waals surface area contributed by atoms with Crippen molar-refractivity contribution in [2.75, 3.05) is 5.75 Å². The van der Waals surface area contributed by atoms with E-state index in [1.54, 1.807) is 24.3 Å². The van der Waals surface area contributed by atoms with Crippen molar-refractivity contribution in [3.8, 4) is 0 Å². The predicted molar refractivity (Wildman–Crippen MR) is 146 cm³/mol. The molecule has 0 aliphatic heterocycles. The van der Waals surface area contributed by atoms with Crippen molar-refractivity contribution in [2.24, 2.45) is 5.92 Å². The normalized spacial score (nSPS) is 14.7. The first kappa shape index (κ1) is 33.6. The number of amides is 4. The number of Topliss-reactive ketones (excluding diaryl/α,β-unsaturated/α-hetero) is 1. The number of aliphatic hydroxyl groups is 1. The van der Waals surface area contributed by atoms with Gasteiger partial charge in [0.25, 0.3) is 0 Å². The summed E-state index contributed by atoms with van der Waals surface area (Å²) in [5.74, 6) is -5.20. The molecule has 5 atom stereocenters. The van der Waals surface area contributed by atoms with E-state index in [9.17, 15) is 33.9 Å². The third-order valence-corrected chi connectivity index (χ3v) is 5.93. The van der Waals surface area contributed by atoms with E-state index in [1.165, 1.54) is 13.8 Å². The van der Waals surface area contributed by atoms with Crippen molar-refractivity contribution in [2.45, 2.75) is 77.2 Å². The molecule has 0 aliphatic rings. The van der Waals surface area contributed by atoms with E-state index >= 15 is 0 Å². The minimum Gasteiger partial charge on any atom is -0.481 e. The van der Waals surface area contributed by atoms with Gasteiger partial charge in [0.05, 0.1) is 24.3 Å². The Balaban J connectivity index is 3.09. The molecule has 1 aromatic rings. The van der Waals surface area contributed by atoms with Crippen molar-refractivity contribution in [1.29, 1.82) is 0 Å². The fourth-order valence-corrected chi connectivity index (χ4v) is 3.95. The molecule has 12 nitrogen and oxygen atoms in total. The van der Waals surface area contributed by atoms with Gasteiger partial charge in [-0.3, -0.25) is 28.8 Å². The highest BCUT2D eigenvalue weighted by Crippen LogP contribution is 2.09. The number of nitrogens with one attached hydrogen (secondary N) is 4. The second-order valence-electron chi connectivity index (χ2n) is 9.64. The summed E-state index contributed by atoms with van der Waals surface area (Å²) in [7, 11) is 0. The van der Waals surface area contributed by atoms with Crippen LogP contribution in [-0.4, -0.2) is 81.6 Å². The number of carbonyl (C=O) groups is 6. The molecular weight excluding hydrogens is 528 g/mol. The number of carbonyl (C=O) groups excluding carboxylic acids is 5.